The first-order chi connectivity index (χ1) is 7.72. The van der Waals surface area contributed by atoms with E-state index in [4.69, 9.17) is 10.2 Å². The Morgan fingerprint density at radius 3 is 2.56 bits per heavy atom. The Morgan fingerprint density at radius 2 is 2.00 bits per heavy atom. The van der Waals surface area contributed by atoms with Gasteiger partial charge in [0.15, 0.2) is 0 Å². The first kappa shape index (κ1) is 9.39. The minimum atomic E-state index is -0.0734. The molecule has 1 fully saturated rings. The largest absolute Gasteiger partial charge is 0.407 e. The van der Waals surface area contributed by atoms with Crippen LogP contribution in [-0.2, 0) is 5.41 Å². The molecule has 1 heterocycles. The average molecular weight is 215 g/mol. The zero-order valence-corrected chi connectivity index (χ0v) is 9.10. The van der Waals surface area contributed by atoms with E-state index in [-0.39, 0.29) is 11.4 Å². The first-order valence-corrected chi connectivity index (χ1v) is 5.38. The van der Waals surface area contributed by atoms with Crippen molar-refractivity contribution in [3.05, 3.63) is 41.3 Å². The molecule has 2 aromatic rings. The van der Waals surface area contributed by atoms with E-state index in [2.05, 4.69) is 29.3 Å². The Labute approximate surface area is 93.5 Å². The van der Waals surface area contributed by atoms with Crippen molar-refractivity contribution in [3.63, 3.8) is 0 Å². The smallest absolute Gasteiger partial charge is 0.312 e. The molecule has 0 bridgehead atoms. The maximum Gasteiger partial charge on any atom is 0.312 e. The molecule has 3 rings (SSSR count). The zero-order chi connectivity index (χ0) is 11.2. The second-order valence-electron chi connectivity index (χ2n) is 4.34. The molecule has 0 radical (unpaired) electrons. The monoisotopic (exact) mass is 215 g/mol. The van der Waals surface area contributed by atoms with Crippen molar-refractivity contribution in [1.82, 2.24) is 10.2 Å². The van der Waals surface area contributed by atoms with E-state index in [0.717, 1.165) is 12.8 Å². The van der Waals surface area contributed by atoms with E-state index in [0.29, 0.717) is 5.89 Å². The lowest BCUT2D eigenvalue weighted by Crippen LogP contribution is -2.10. The molecule has 2 N–H and O–H groups in total. The third kappa shape index (κ3) is 1.23. The fraction of sp³-hybridized carbons (Fsp3) is 0.333. The average Bonchev–Trinajstić information content (AvgIpc) is 2.96. The van der Waals surface area contributed by atoms with Gasteiger partial charge in [0.05, 0.1) is 5.41 Å². The number of hydrogen-bond acceptors (Lipinski definition) is 4. The summed E-state index contributed by atoms with van der Waals surface area (Å²) in [5.41, 5.74) is 7.94. The second-order valence-corrected chi connectivity index (χ2v) is 4.34. The number of nitrogens with two attached hydrogens (primary N) is 1. The second kappa shape index (κ2) is 3.07. The lowest BCUT2D eigenvalue weighted by molar-refractivity contribution is 0.475. The van der Waals surface area contributed by atoms with Crippen LogP contribution in [0.15, 0.2) is 28.7 Å². The van der Waals surface area contributed by atoms with Gasteiger partial charge >= 0.3 is 6.01 Å². The van der Waals surface area contributed by atoms with E-state index >= 15 is 0 Å². The highest BCUT2D eigenvalue weighted by Gasteiger charge is 2.51. The van der Waals surface area contributed by atoms with Crippen LogP contribution in [0.25, 0.3) is 0 Å². The van der Waals surface area contributed by atoms with Crippen LogP contribution in [0.2, 0.25) is 0 Å². The van der Waals surface area contributed by atoms with Crippen molar-refractivity contribution in [2.45, 2.75) is 25.2 Å². The first-order valence-electron chi connectivity index (χ1n) is 5.38. The van der Waals surface area contributed by atoms with Crippen molar-refractivity contribution in [2.24, 2.45) is 0 Å². The van der Waals surface area contributed by atoms with Crippen LogP contribution < -0.4 is 5.73 Å². The van der Waals surface area contributed by atoms with Gasteiger partial charge in [-0.15, -0.1) is 5.10 Å². The molecule has 0 atom stereocenters. The Kier molecular flexibility index (Phi) is 1.80. The van der Waals surface area contributed by atoms with E-state index in [1.54, 1.807) is 0 Å². The summed E-state index contributed by atoms with van der Waals surface area (Å²) in [6.07, 6.45) is 2.11. The van der Waals surface area contributed by atoms with Gasteiger partial charge in [0.1, 0.15) is 0 Å². The number of hydrogen-bond donors (Lipinski definition) is 1. The summed E-state index contributed by atoms with van der Waals surface area (Å²) >= 11 is 0. The molecule has 1 aliphatic rings. The Hall–Kier alpha value is -1.84. The van der Waals surface area contributed by atoms with Crippen LogP contribution in [0.1, 0.15) is 29.9 Å². The fourth-order valence-corrected chi connectivity index (χ4v) is 2.26. The molecule has 1 saturated carbocycles. The molecule has 16 heavy (non-hydrogen) atoms. The predicted octanol–water partition coefficient (Wildman–Crippen LogP) is 2.04. The van der Waals surface area contributed by atoms with Crippen molar-refractivity contribution in [2.75, 3.05) is 5.73 Å². The molecule has 0 amide bonds. The number of aromatic nitrogens is 2. The summed E-state index contributed by atoms with van der Waals surface area (Å²) in [5, 5.41) is 7.76. The number of nitrogens with zero attached hydrogens (tertiary/aromatic N) is 2. The normalized spacial score (nSPS) is 17.3. The summed E-state index contributed by atoms with van der Waals surface area (Å²) < 4.78 is 5.38. The molecule has 1 aromatic heterocycles. The Morgan fingerprint density at radius 1 is 1.25 bits per heavy atom. The highest BCUT2D eigenvalue weighted by atomic mass is 16.4. The van der Waals surface area contributed by atoms with Crippen LogP contribution in [0.4, 0.5) is 6.01 Å². The van der Waals surface area contributed by atoms with Gasteiger partial charge in [-0.05, 0) is 30.9 Å². The van der Waals surface area contributed by atoms with Gasteiger partial charge in [-0.3, -0.25) is 0 Å². The molecule has 0 aliphatic heterocycles. The third-order valence-electron chi connectivity index (χ3n) is 3.26. The topological polar surface area (TPSA) is 64.9 Å². The minimum absolute atomic E-state index is 0.0734. The molecule has 4 heteroatoms. The molecular weight excluding hydrogens is 202 g/mol. The summed E-state index contributed by atoms with van der Waals surface area (Å²) in [7, 11) is 0. The van der Waals surface area contributed by atoms with E-state index in [1.807, 2.05) is 12.1 Å². The van der Waals surface area contributed by atoms with Crippen LogP contribution in [0.5, 0.6) is 0 Å². The van der Waals surface area contributed by atoms with E-state index in [9.17, 15) is 0 Å². The number of nitrogen functional groups attached to an aromatic ring is 1. The van der Waals surface area contributed by atoms with Crippen LogP contribution in [0.3, 0.4) is 0 Å². The van der Waals surface area contributed by atoms with Crippen molar-refractivity contribution >= 4 is 6.01 Å². The standard InChI is InChI=1S/C12H13N3O/c1-8-4-2-3-5-9(8)12(6-7-12)10-14-15-11(13)16-10/h2-5H,6-7H2,1H3,(H2,13,15). The van der Waals surface area contributed by atoms with Gasteiger partial charge < -0.3 is 10.2 Å². The molecule has 0 saturated heterocycles. The predicted molar refractivity (Wildman–Crippen MR) is 59.9 cm³/mol. The van der Waals surface area contributed by atoms with Crippen molar-refractivity contribution in [1.29, 1.82) is 0 Å². The summed E-state index contributed by atoms with van der Waals surface area (Å²) in [6.45, 7) is 2.11. The third-order valence-corrected chi connectivity index (χ3v) is 3.26. The molecule has 0 spiro atoms. The molecule has 1 aromatic carbocycles. The maximum absolute atomic E-state index is 5.48. The highest BCUT2D eigenvalue weighted by Crippen LogP contribution is 2.53. The summed E-state index contributed by atoms with van der Waals surface area (Å²) in [6, 6.07) is 8.46. The summed E-state index contributed by atoms with van der Waals surface area (Å²) in [5.74, 6) is 0.652. The number of anilines is 1. The number of benzene rings is 1. The van der Waals surface area contributed by atoms with Crippen LogP contribution >= 0.6 is 0 Å². The lowest BCUT2D eigenvalue weighted by Gasteiger charge is -2.13. The van der Waals surface area contributed by atoms with Gasteiger partial charge in [0.2, 0.25) is 5.89 Å². The maximum atomic E-state index is 5.48. The van der Waals surface area contributed by atoms with Crippen LogP contribution in [-0.4, -0.2) is 10.2 Å². The minimum Gasteiger partial charge on any atom is -0.407 e. The SMILES string of the molecule is Cc1ccccc1C1(c2nnc(N)o2)CC1. The Bertz CT molecular complexity index is 529. The Balaban J connectivity index is 2.10. The fourth-order valence-electron chi connectivity index (χ4n) is 2.26. The van der Waals surface area contributed by atoms with E-state index < -0.39 is 0 Å². The van der Waals surface area contributed by atoms with Gasteiger partial charge in [0, 0.05) is 0 Å². The van der Waals surface area contributed by atoms with Crippen molar-refractivity contribution in [3.8, 4) is 0 Å². The number of aryl methyl sites for hydroxylation is 1. The van der Waals surface area contributed by atoms with Crippen LogP contribution in [0, 0.1) is 6.92 Å². The quantitative estimate of drug-likeness (QED) is 0.832. The molecule has 4 nitrogen and oxygen atoms in total. The van der Waals surface area contributed by atoms with Gasteiger partial charge in [-0.2, -0.15) is 0 Å². The van der Waals surface area contributed by atoms with Crippen molar-refractivity contribution < 1.29 is 4.42 Å². The zero-order valence-electron chi connectivity index (χ0n) is 9.10. The molecule has 82 valence electrons. The summed E-state index contributed by atoms with van der Waals surface area (Å²) in [4.78, 5) is 0. The molecule has 1 aliphatic carbocycles. The van der Waals surface area contributed by atoms with Gasteiger partial charge in [-0.25, -0.2) is 0 Å². The van der Waals surface area contributed by atoms with Gasteiger partial charge in [-0.1, -0.05) is 29.4 Å². The number of rotatable bonds is 2. The molecular formula is C12H13N3O. The lowest BCUT2D eigenvalue weighted by atomic mass is 9.92. The highest BCUT2D eigenvalue weighted by molar-refractivity contribution is 5.43. The van der Waals surface area contributed by atoms with E-state index in [1.165, 1.54) is 11.1 Å². The van der Waals surface area contributed by atoms with Gasteiger partial charge in [0.25, 0.3) is 0 Å². The molecule has 0 unspecified atom stereocenters.